The fourth-order valence-corrected chi connectivity index (χ4v) is 3.75. The lowest BCUT2D eigenvalue weighted by Gasteiger charge is -2.37. The van der Waals surface area contributed by atoms with E-state index in [4.69, 9.17) is 17.4 Å². The van der Waals surface area contributed by atoms with Crippen molar-refractivity contribution in [2.24, 2.45) is 5.84 Å². The van der Waals surface area contributed by atoms with E-state index >= 15 is 0 Å². The first-order valence-corrected chi connectivity index (χ1v) is 7.58. The molecule has 0 bridgehead atoms. The van der Waals surface area contributed by atoms with Gasteiger partial charge in [-0.25, -0.2) is 0 Å². The third-order valence-corrected chi connectivity index (χ3v) is 4.81. The van der Waals surface area contributed by atoms with Crippen LogP contribution in [0, 0.1) is 0 Å². The molecule has 18 heavy (non-hydrogen) atoms. The Hall–Kier alpha value is -0.330. The van der Waals surface area contributed by atoms with Crippen LogP contribution in [0.25, 0.3) is 0 Å². The van der Waals surface area contributed by atoms with Crippen LogP contribution in [0.4, 0.5) is 0 Å². The zero-order chi connectivity index (χ0) is 13.0. The number of likely N-dealkylation sites (N-methyl/N-ethyl adjacent to an activating group) is 1. The van der Waals surface area contributed by atoms with Crippen LogP contribution < -0.4 is 11.3 Å². The molecule has 2 rings (SSSR count). The lowest BCUT2D eigenvalue weighted by molar-refractivity contribution is 0.214. The molecule has 1 aliphatic rings. The topological polar surface area (TPSA) is 54.2 Å². The predicted octanol–water partition coefficient (Wildman–Crippen LogP) is 1.16. The molecular weight excluding hydrogens is 268 g/mol. The number of hydrazine groups is 1. The lowest BCUT2D eigenvalue weighted by atomic mass is 10.0. The van der Waals surface area contributed by atoms with Crippen molar-refractivity contribution in [3.05, 3.63) is 29.0 Å². The number of aromatic nitrogens is 1. The Kier molecular flexibility index (Phi) is 5.26. The molecule has 6 heteroatoms. The zero-order valence-corrected chi connectivity index (χ0v) is 12.0. The molecule has 0 aliphatic carbocycles. The summed E-state index contributed by atoms with van der Waals surface area (Å²) < 4.78 is 0. The first kappa shape index (κ1) is 14.1. The van der Waals surface area contributed by atoms with Crippen molar-refractivity contribution in [1.82, 2.24) is 15.3 Å². The Bertz CT molecular complexity index is 390. The third kappa shape index (κ3) is 3.36. The zero-order valence-electron chi connectivity index (χ0n) is 10.5. The van der Waals surface area contributed by atoms with Crippen LogP contribution in [0.2, 0.25) is 5.02 Å². The molecular formula is C12H19ClN4S. The van der Waals surface area contributed by atoms with Crippen molar-refractivity contribution < 1.29 is 0 Å². The van der Waals surface area contributed by atoms with E-state index in [1.807, 2.05) is 17.8 Å². The molecule has 1 aromatic rings. The van der Waals surface area contributed by atoms with Gasteiger partial charge in [-0.2, -0.15) is 11.8 Å². The molecule has 4 nitrogen and oxygen atoms in total. The normalized spacial score (nSPS) is 22.9. The van der Waals surface area contributed by atoms with Gasteiger partial charge in [0, 0.05) is 42.5 Å². The summed E-state index contributed by atoms with van der Waals surface area (Å²) in [6.45, 7) is 1.11. The van der Waals surface area contributed by atoms with Crippen molar-refractivity contribution >= 4 is 23.4 Å². The van der Waals surface area contributed by atoms with Crippen LogP contribution in [0.5, 0.6) is 0 Å². The maximum Gasteiger partial charge on any atom is 0.0621 e. The number of hydrogen-bond donors (Lipinski definition) is 2. The van der Waals surface area contributed by atoms with Gasteiger partial charge in [0.1, 0.15) is 0 Å². The number of pyridine rings is 1. The Balaban J connectivity index is 2.07. The second kappa shape index (κ2) is 6.73. The van der Waals surface area contributed by atoms with Crippen LogP contribution in [0.3, 0.4) is 0 Å². The van der Waals surface area contributed by atoms with E-state index in [9.17, 15) is 0 Å². The van der Waals surface area contributed by atoms with Gasteiger partial charge in [0.15, 0.2) is 0 Å². The van der Waals surface area contributed by atoms with Gasteiger partial charge in [-0.05, 0) is 25.1 Å². The van der Waals surface area contributed by atoms with Gasteiger partial charge in [-0.1, -0.05) is 11.6 Å². The van der Waals surface area contributed by atoms with Gasteiger partial charge in [-0.15, -0.1) is 0 Å². The Morgan fingerprint density at radius 3 is 3.22 bits per heavy atom. The molecule has 2 atom stereocenters. The van der Waals surface area contributed by atoms with Crippen LogP contribution in [0.1, 0.15) is 5.56 Å². The van der Waals surface area contributed by atoms with Crippen LogP contribution in [-0.4, -0.2) is 47.1 Å². The van der Waals surface area contributed by atoms with E-state index in [-0.39, 0.29) is 6.04 Å². The van der Waals surface area contributed by atoms with Crippen molar-refractivity contribution in [2.75, 3.05) is 25.1 Å². The molecule has 0 radical (unpaired) electrons. The first-order valence-electron chi connectivity index (χ1n) is 6.05. The van der Waals surface area contributed by atoms with Crippen LogP contribution in [-0.2, 0) is 6.42 Å². The van der Waals surface area contributed by atoms with Crippen LogP contribution in [0.15, 0.2) is 18.5 Å². The molecule has 1 aliphatic heterocycles. The highest BCUT2D eigenvalue weighted by Gasteiger charge is 2.27. The molecule has 1 aromatic heterocycles. The molecule has 1 saturated heterocycles. The van der Waals surface area contributed by atoms with E-state index in [1.54, 1.807) is 12.4 Å². The molecule has 0 aromatic carbocycles. The Labute approximate surface area is 117 Å². The predicted molar refractivity (Wildman–Crippen MR) is 77.8 cm³/mol. The summed E-state index contributed by atoms with van der Waals surface area (Å²) in [4.78, 5) is 6.38. The number of hydrogen-bond acceptors (Lipinski definition) is 5. The molecule has 3 N–H and O–H groups in total. The van der Waals surface area contributed by atoms with E-state index in [0.717, 1.165) is 24.3 Å². The fraction of sp³-hybridized carbons (Fsp3) is 0.583. The number of nitrogens with one attached hydrogen (secondary N) is 1. The summed E-state index contributed by atoms with van der Waals surface area (Å²) in [5, 5.41) is 0.712. The number of halogens is 1. The van der Waals surface area contributed by atoms with Crippen molar-refractivity contribution in [3.63, 3.8) is 0 Å². The Morgan fingerprint density at radius 2 is 2.56 bits per heavy atom. The van der Waals surface area contributed by atoms with Gasteiger partial charge in [-0.3, -0.25) is 16.3 Å². The van der Waals surface area contributed by atoms with Crippen molar-refractivity contribution in [3.8, 4) is 0 Å². The lowest BCUT2D eigenvalue weighted by Crippen LogP contribution is -2.55. The molecule has 1 fully saturated rings. The Morgan fingerprint density at radius 1 is 1.72 bits per heavy atom. The van der Waals surface area contributed by atoms with E-state index in [2.05, 4.69) is 22.4 Å². The highest BCUT2D eigenvalue weighted by Crippen LogP contribution is 2.21. The monoisotopic (exact) mass is 286 g/mol. The average Bonchev–Trinajstić information content (AvgIpc) is 2.39. The minimum Gasteiger partial charge on any atom is -0.300 e. The molecule has 0 amide bonds. The SMILES string of the molecule is CN1CCSCC1C(Cc1ccncc1Cl)NN. The summed E-state index contributed by atoms with van der Waals surface area (Å²) in [5.41, 5.74) is 4.04. The van der Waals surface area contributed by atoms with E-state index in [1.165, 1.54) is 5.75 Å². The van der Waals surface area contributed by atoms with Crippen LogP contribution >= 0.6 is 23.4 Å². The molecule has 0 spiro atoms. The summed E-state index contributed by atoms with van der Waals surface area (Å²) in [6, 6.07) is 2.61. The van der Waals surface area contributed by atoms with Gasteiger partial charge in [0.2, 0.25) is 0 Å². The maximum atomic E-state index is 6.15. The number of nitrogens with zero attached hydrogens (tertiary/aromatic N) is 2. The number of nitrogens with two attached hydrogens (primary N) is 1. The summed E-state index contributed by atoms with van der Waals surface area (Å²) in [7, 11) is 2.16. The van der Waals surface area contributed by atoms with Crippen molar-refractivity contribution in [1.29, 1.82) is 0 Å². The largest absolute Gasteiger partial charge is 0.300 e. The molecule has 100 valence electrons. The minimum atomic E-state index is 0.211. The third-order valence-electron chi connectivity index (χ3n) is 3.42. The summed E-state index contributed by atoms with van der Waals surface area (Å²) in [5.74, 6) is 8.02. The van der Waals surface area contributed by atoms with E-state index in [0.29, 0.717) is 11.1 Å². The highest BCUT2D eigenvalue weighted by atomic mass is 35.5. The van der Waals surface area contributed by atoms with Gasteiger partial charge >= 0.3 is 0 Å². The molecule has 2 heterocycles. The smallest absolute Gasteiger partial charge is 0.0621 e. The minimum absolute atomic E-state index is 0.211. The summed E-state index contributed by atoms with van der Waals surface area (Å²) in [6.07, 6.45) is 4.28. The highest BCUT2D eigenvalue weighted by molar-refractivity contribution is 7.99. The molecule has 2 unspecified atom stereocenters. The second-order valence-corrected chi connectivity index (χ2v) is 6.12. The van der Waals surface area contributed by atoms with Crippen molar-refractivity contribution in [2.45, 2.75) is 18.5 Å². The van der Waals surface area contributed by atoms with Gasteiger partial charge in [0.05, 0.1) is 5.02 Å². The first-order chi connectivity index (χ1) is 8.72. The second-order valence-electron chi connectivity index (χ2n) is 4.57. The fourth-order valence-electron chi connectivity index (χ4n) is 2.24. The molecule has 0 saturated carbocycles. The average molecular weight is 287 g/mol. The number of thioether (sulfide) groups is 1. The van der Waals surface area contributed by atoms with Gasteiger partial charge < -0.3 is 4.90 Å². The quantitative estimate of drug-likeness (QED) is 0.643. The number of rotatable bonds is 4. The standard InChI is InChI=1S/C12H19ClN4S/c1-17-4-5-18-8-12(17)11(16-14)6-9-2-3-15-7-10(9)13/h2-3,7,11-12,16H,4-6,8,14H2,1H3. The van der Waals surface area contributed by atoms with Gasteiger partial charge in [0.25, 0.3) is 0 Å². The summed E-state index contributed by atoms with van der Waals surface area (Å²) >= 11 is 8.13. The van der Waals surface area contributed by atoms with E-state index < -0.39 is 0 Å². The maximum absolute atomic E-state index is 6.15.